The lowest BCUT2D eigenvalue weighted by atomic mass is 9.85. The average molecular weight is 403 g/mol. The first kappa shape index (κ1) is 22.9. The molecule has 1 aromatic carbocycles. The number of amides is 1. The quantitative estimate of drug-likeness (QED) is 0.794. The van der Waals surface area contributed by atoms with Gasteiger partial charge in [0.1, 0.15) is 0 Å². The number of nitrogens with one attached hydrogen (secondary N) is 1. The van der Waals surface area contributed by atoms with Crippen LogP contribution in [0.1, 0.15) is 44.7 Å². The normalized spacial score (nSPS) is 19.9. The Labute approximate surface area is 163 Å². The second kappa shape index (κ2) is 9.72. The highest BCUT2D eigenvalue weighted by molar-refractivity contribution is 7.90. The molecule has 0 bridgehead atoms. The molecule has 3 unspecified atom stereocenters. The number of benzene rings is 1. The molecular formula is C19H31ClN2O3S. The third-order valence-corrected chi connectivity index (χ3v) is 6.53. The predicted octanol–water partition coefficient (Wildman–Crippen LogP) is 3.06. The van der Waals surface area contributed by atoms with Gasteiger partial charge >= 0.3 is 0 Å². The minimum atomic E-state index is -3.20. The lowest BCUT2D eigenvalue weighted by molar-refractivity contribution is -0.133. The molecule has 1 fully saturated rings. The summed E-state index contributed by atoms with van der Waals surface area (Å²) in [5.74, 6) is 1.07. The van der Waals surface area contributed by atoms with Gasteiger partial charge in [-0.1, -0.05) is 19.1 Å². The van der Waals surface area contributed by atoms with Gasteiger partial charge in [-0.3, -0.25) is 4.79 Å². The van der Waals surface area contributed by atoms with E-state index in [0.29, 0.717) is 23.2 Å². The topological polar surface area (TPSA) is 66.5 Å². The molecule has 0 aliphatic carbocycles. The zero-order valence-electron chi connectivity index (χ0n) is 16.1. The number of carbonyl (C=O) groups is 1. The molecule has 5 nitrogen and oxygen atoms in total. The number of hydrogen-bond acceptors (Lipinski definition) is 4. The lowest BCUT2D eigenvalue weighted by Crippen LogP contribution is -2.36. The number of hydrogen-bond donors (Lipinski definition) is 1. The van der Waals surface area contributed by atoms with Gasteiger partial charge in [0.25, 0.3) is 0 Å². The Morgan fingerprint density at radius 1 is 1.27 bits per heavy atom. The monoisotopic (exact) mass is 402 g/mol. The molecule has 0 saturated carbocycles. The van der Waals surface area contributed by atoms with E-state index in [1.807, 2.05) is 14.0 Å². The molecule has 0 spiro atoms. The van der Waals surface area contributed by atoms with Crippen LogP contribution in [0.4, 0.5) is 0 Å². The minimum Gasteiger partial charge on any atom is -0.339 e. The van der Waals surface area contributed by atoms with Crippen molar-refractivity contribution in [2.75, 3.05) is 26.4 Å². The molecule has 1 N–H and O–H groups in total. The van der Waals surface area contributed by atoms with Crippen molar-refractivity contribution < 1.29 is 13.2 Å². The number of carbonyl (C=O) groups excluding carboxylic acids is 1. The summed E-state index contributed by atoms with van der Waals surface area (Å²) in [6.07, 6.45) is 4.12. The second-order valence-corrected chi connectivity index (χ2v) is 9.33. The van der Waals surface area contributed by atoms with Crippen LogP contribution in [-0.2, 0) is 14.6 Å². The highest BCUT2D eigenvalue weighted by Gasteiger charge is 2.25. The first-order chi connectivity index (χ1) is 11.7. The van der Waals surface area contributed by atoms with Crippen LogP contribution in [-0.4, -0.2) is 45.6 Å². The van der Waals surface area contributed by atoms with E-state index < -0.39 is 9.84 Å². The van der Waals surface area contributed by atoms with Gasteiger partial charge in [-0.15, -0.1) is 12.4 Å². The summed E-state index contributed by atoms with van der Waals surface area (Å²) in [5.41, 5.74) is 0.940. The van der Waals surface area contributed by atoms with Gasteiger partial charge in [0.15, 0.2) is 9.84 Å². The smallest absolute Gasteiger partial charge is 0.223 e. The number of halogens is 1. The van der Waals surface area contributed by atoms with Crippen molar-refractivity contribution in [3.63, 3.8) is 0 Å². The fraction of sp³-hybridized carbons (Fsp3) is 0.632. The second-order valence-electron chi connectivity index (χ2n) is 7.31. The van der Waals surface area contributed by atoms with Crippen molar-refractivity contribution in [2.45, 2.75) is 44.0 Å². The molecule has 2 rings (SSSR count). The maximum absolute atomic E-state index is 12.6. The van der Waals surface area contributed by atoms with E-state index in [0.717, 1.165) is 18.7 Å². The molecule has 1 aliphatic rings. The fourth-order valence-corrected chi connectivity index (χ4v) is 4.01. The molecule has 26 heavy (non-hydrogen) atoms. The van der Waals surface area contributed by atoms with E-state index in [1.165, 1.54) is 19.1 Å². The number of rotatable bonds is 6. The standard InChI is InChI=1S/C19H30N2O3S.ClH/c1-14(17-6-5-11-20-13-17)12-19(22)21(3)15(2)16-7-9-18(10-8-16)25(4,23)24;/h7-10,14-15,17,20H,5-6,11-13H2,1-4H3;1H. The number of piperidine rings is 1. The molecule has 0 radical (unpaired) electrons. The van der Waals surface area contributed by atoms with Gasteiger partial charge in [0.05, 0.1) is 10.9 Å². The van der Waals surface area contributed by atoms with Crippen LogP contribution in [0.2, 0.25) is 0 Å². The maximum atomic E-state index is 12.6. The van der Waals surface area contributed by atoms with Crippen LogP contribution in [0.5, 0.6) is 0 Å². The van der Waals surface area contributed by atoms with Gasteiger partial charge in [0.2, 0.25) is 5.91 Å². The Balaban J connectivity index is 0.00000338. The van der Waals surface area contributed by atoms with Crippen molar-refractivity contribution in [1.29, 1.82) is 0 Å². The van der Waals surface area contributed by atoms with Gasteiger partial charge in [-0.05, 0) is 62.4 Å². The summed E-state index contributed by atoms with van der Waals surface area (Å²) < 4.78 is 23.1. The molecule has 1 amide bonds. The van der Waals surface area contributed by atoms with E-state index in [2.05, 4.69) is 12.2 Å². The average Bonchev–Trinajstić information content (AvgIpc) is 2.60. The molecule has 1 heterocycles. The third-order valence-electron chi connectivity index (χ3n) is 5.40. The highest BCUT2D eigenvalue weighted by atomic mass is 35.5. The van der Waals surface area contributed by atoms with E-state index in [1.54, 1.807) is 29.2 Å². The Hall–Kier alpha value is -1.11. The molecule has 1 aromatic rings. The van der Waals surface area contributed by atoms with Gasteiger partial charge in [-0.2, -0.15) is 0 Å². The fourth-order valence-electron chi connectivity index (χ4n) is 3.38. The zero-order chi connectivity index (χ0) is 18.6. The zero-order valence-corrected chi connectivity index (χ0v) is 17.7. The van der Waals surface area contributed by atoms with Crippen LogP contribution in [0.25, 0.3) is 0 Å². The minimum absolute atomic E-state index is 0. The van der Waals surface area contributed by atoms with Gasteiger partial charge in [0, 0.05) is 19.7 Å². The summed E-state index contributed by atoms with van der Waals surface area (Å²) in [7, 11) is -1.37. The molecule has 0 aromatic heterocycles. The molecule has 3 atom stereocenters. The van der Waals surface area contributed by atoms with Crippen molar-refractivity contribution >= 4 is 28.2 Å². The SMILES string of the molecule is CC(CC(=O)N(C)C(C)c1ccc(S(C)(=O)=O)cc1)C1CCCNC1.Cl. The predicted molar refractivity (Wildman–Crippen MR) is 107 cm³/mol. The van der Waals surface area contributed by atoms with E-state index in [-0.39, 0.29) is 24.4 Å². The van der Waals surface area contributed by atoms with Crippen LogP contribution < -0.4 is 5.32 Å². The summed E-state index contributed by atoms with van der Waals surface area (Å²) in [4.78, 5) is 14.7. The van der Waals surface area contributed by atoms with E-state index >= 15 is 0 Å². The van der Waals surface area contributed by atoms with Crippen LogP contribution >= 0.6 is 12.4 Å². The van der Waals surface area contributed by atoms with Gasteiger partial charge < -0.3 is 10.2 Å². The Morgan fingerprint density at radius 3 is 2.38 bits per heavy atom. The molecule has 1 saturated heterocycles. The van der Waals surface area contributed by atoms with E-state index in [4.69, 9.17) is 0 Å². The highest BCUT2D eigenvalue weighted by Crippen LogP contribution is 2.26. The number of nitrogens with zero attached hydrogens (tertiary/aromatic N) is 1. The van der Waals surface area contributed by atoms with Crippen LogP contribution in [0.3, 0.4) is 0 Å². The van der Waals surface area contributed by atoms with Crippen LogP contribution in [0.15, 0.2) is 29.2 Å². The molecule has 7 heteroatoms. The summed E-state index contributed by atoms with van der Waals surface area (Å²) >= 11 is 0. The Bertz CT molecular complexity index is 685. The summed E-state index contributed by atoms with van der Waals surface area (Å²) in [6, 6.07) is 6.71. The third kappa shape index (κ3) is 5.96. The van der Waals surface area contributed by atoms with Crippen molar-refractivity contribution in [1.82, 2.24) is 10.2 Å². The van der Waals surface area contributed by atoms with Crippen molar-refractivity contribution in [3.05, 3.63) is 29.8 Å². The first-order valence-corrected chi connectivity index (χ1v) is 10.9. The number of sulfone groups is 1. The van der Waals surface area contributed by atoms with E-state index in [9.17, 15) is 13.2 Å². The first-order valence-electron chi connectivity index (χ1n) is 8.96. The van der Waals surface area contributed by atoms with Crippen LogP contribution in [0, 0.1) is 11.8 Å². The summed E-state index contributed by atoms with van der Waals surface area (Å²) in [6.45, 7) is 6.22. The maximum Gasteiger partial charge on any atom is 0.223 e. The molecular weight excluding hydrogens is 372 g/mol. The lowest BCUT2D eigenvalue weighted by Gasteiger charge is -2.31. The molecule has 1 aliphatic heterocycles. The van der Waals surface area contributed by atoms with Crippen molar-refractivity contribution in [3.8, 4) is 0 Å². The molecule has 148 valence electrons. The largest absolute Gasteiger partial charge is 0.339 e. The van der Waals surface area contributed by atoms with Gasteiger partial charge in [-0.25, -0.2) is 8.42 Å². The Morgan fingerprint density at radius 2 is 1.88 bits per heavy atom. The van der Waals surface area contributed by atoms with Crippen molar-refractivity contribution in [2.24, 2.45) is 11.8 Å². The Kier molecular flexibility index (Phi) is 8.57. The summed E-state index contributed by atoms with van der Waals surface area (Å²) in [5, 5.41) is 3.41.